The molecule has 2 N–H and O–H groups in total. The lowest BCUT2D eigenvalue weighted by Crippen LogP contribution is -2.55. The van der Waals surface area contributed by atoms with E-state index in [1.807, 2.05) is 6.92 Å². The van der Waals surface area contributed by atoms with Gasteiger partial charge < -0.3 is 19.4 Å². The number of methoxy groups -OCH3 is 1. The third-order valence-corrected chi connectivity index (χ3v) is 6.35. The number of hydrogen-bond acceptors (Lipinski definition) is 6. The summed E-state index contributed by atoms with van der Waals surface area (Å²) in [6, 6.07) is 3.50. The van der Waals surface area contributed by atoms with Crippen LogP contribution in [-0.4, -0.2) is 41.1 Å². The molecular weight excluding hydrogens is 336 g/mol. The maximum atomic E-state index is 13.2. The first kappa shape index (κ1) is 15.9. The van der Waals surface area contributed by atoms with Crippen LogP contribution in [0.3, 0.4) is 0 Å². The zero-order chi connectivity index (χ0) is 18.4. The van der Waals surface area contributed by atoms with Gasteiger partial charge in [-0.2, -0.15) is 0 Å². The van der Waals surface area contributed by atoms with Crippen molar-refractivity contribution >= 4 is 11.6 Å². The number of hydrogen-bond donors (Lipinski definition) is 2. The van der Waals surface area contributed by atoms with Gasteiger partial charge in [0, 0.05) is 35.8 Å². The zero-order valence-electron chi connectivity index (χ0n) is 14.4. The van der Waals surface area contributed by atoms with Crippen LogP contribution in [0.2, 0.25) is 0 Å². The van der Waals surface area contributed by atoms with E-state index < -0.39 is 23.7 Å². The van der Waals surface area contributed by atoms with Crippen LogP contribution in [0.25, 0.3) is 0 Å². The van der Waals surface area contributed by atoms with Crippen LogP contribution in [0, 0.1) is 0 Å². The van der Waals surface area contributed by atoms with Gasteiger partial charge in [0.15, 0.2) is 11.5 Å². The second kappa shape index (κ2) is 4.91. The summed E-state index contributed by atoms with van der Waals surface area (Å²) in [4.78, 5) is 25.3. The molecule has 6 heteroatoms. The topological polar surface area (TPSA) is 97.0 Å². The van der Waals surface area contributed by atoms with Gasteiger partial charge in [-0.25, -0.2) is 0 Å². The summed E-state index contributed by atoms with van der Waals surface area (Å²) in [6.45, 7) is 1.84. The third-order valence-electron chi connectivity index (χ3n) is 6.35. The van der Waals surface area contributed by atoms with E-state index in [0.29, 0.717) is 40.7 Å². The molecule has 0 spiro atoms. The summed E-state index contributed by atoms with van der Waals surface area (Å²) in [5.74, 6) is -0.128. The predicted octanol–water partition coefficient (Wildman–Crippen LogP) is 1.68. The molecule has 0 amide bonds. The third kappa shape index (κ3) is 1.58. The summed E-state index contributed by atoms with van der Waals surface area (Å²) in [6.07, 6.45) is -0.744. The quantitative estimate of drug-likeness (QED) is 0.809. The summed E-state index contributed by atoms with van der Waals surface area (Å²) in [7, 11) is 1.43. The van der Waals surface area contributed by atoms with E-state index in [-0.39, 0.29) is 17.3 Å². The molecule has 0 fully saturated rings. The van der Waals surface area contributed by atoms with Crippen molar-refractivity contribution in [3.8, 4) is 0 Å². The second-order valence-electron chi connectivity index (χ2n) is 7.45. The van der Waals surface area contributed by atoms with Crippen LogP contribution in [-0.2, 0) is 16.6 Å². The van der Waals surface area contributed by atoms with Crippen molar-refractivity contribution in [1.29, 1.82) is 0 Å². The fourth-order valence-corrected chi connectivity index (χ4v) is 5.02. The molecule has 0 saturated carbocycles. The predicted molar refractivity (Wildman–Crippen MR) is 89.5 cm³/mol. The lowest BCUT2D eigenvalue weighted by atomic mass is 9.59. The van der Waals surface area contributed by atoms with Crippen molar-refractivity contribution in [2.75, 3.05) is 7.11 Å². The molecule has 0 bridgehead atoms. The van der Waals surface area contributed by atoms with Crippen LogP contribution in [0.1, 0.15) is 68.2 Å². The number of carbonyl (C=O) groups is 2. The average molecular weight is 354 g/mol. The van der Waals surface area contributed by atoms with E-state index in [2.05, 4.69) is 0 Å². The first-order chi connectivity index (χ1) is 12.4. The molecule has 0 unspecified atom stereocenters. The van der Waals surface area contributed by atoms with Gasteiger partial charge in [-0.1, -0.05) is 12.1 Å². The van der Waals surface area contributed by atoms with Gasteiger partial charge in [-0.05, 0) is 24.5 Å². The summed E-state index contributed by atoms with van der Waals surface area (Å²) in [5.41, 5.74) is 2.44. The van der Waals surface area contributed by atoms with Crippen molar-refractivity contribution in [2.24, 2.45) is 0 Å². The molecule has 1 heterocycles. The van der Waals surface area contributed by atoms with Crippen molar-refractivity contribution in [1.82, 2.24) is 0 Å². The van der Waals surface area contributed by atoms with Crippen molar-refractivity contribution < 1.29 is 29.0 Å². The minimum absolute atomic E-state index is 0.0288. The first-order valence-electron chi connectivity index (χ1n) is 8.66. The molecule has 26 heavy (non-hydrogen) atoms. The Morgan fingerprint density at radius 3 is 2.73 bits per heavy atom. The van der Waals surface area contributed by atoms with Gasteiger partial charge in [-0.3, -0.25) is 9.59 Å². The van der Waals surface area contributed by atoms with E-state index in [0.717, 1.165) is 5.56 Å². The smallest absolute Gasteiger partial charge is 0.229 e. The Hall–Kier alpha value is -2.28. The molecular formula is C20H18O6. The maximum absolute atomic E-state index is 13.2. The molecule has 5 rings (SSSR count). The largest absolute Gasteiger partial charge is 0.460 e. The number of rotatable bonds is 1. The van der Waals surface area contributed by atoms with Gasteiger partial charge in [0.05, 0.1) is 17.8 Å². The Bertz CT molecular complexity index is 986. The van der Waals surface area contributed by atoms with Crippen LogP contribution >= 0.6 is 0 Å². The van der Waals surface area contributed by atoms with Gasteiger partial charge in [0.25, 0.3) is 0 Å². The molecule has 1 aromatic heterocycles. The van der Waals surface area contributed by atoms with E-state index in [9.17, 15) is 19.8 Å². The van der Waals surface area contributed by atoms with Crippen LogP contribution in [0.5, 0.6) is 0 Å². The summed E-state index contributed by atoms with van der Waals surface area (Å²) < 4.78 is 10.9. The highest BCUT2D eigenvalue weighted by Crippen LogP contribution is 2.54. The highest BCUT2D eigenvalue weighted by atomic mass is 16.5. The molecule has 6 nitrogen and oxygen atoms in total. The highest BCUT2D eigenvalue weighted by Gasteiger charge is 2.57. The SMILES string of the molecule is CO[C@@H]1[C@H](O)c2coc3c2[C@](C)(c2ccc4c(c2C3=O)CCC4=O)[C@@H]1O. The monoisotopic (exact) mass is 354 g/mol. The number of furan rings is 1. The Kier molecular flexibility index (Phi) is 3.01. The van der Waals surface area contributed by atoms with Crippen molar-refractivity contribution in [3.05, 3.63) is 57.5 Å². The first-order valence-corrected chi connectivity index (χ1v) is 8.66. The number of carbonyl (C=O) groups excluding carboxylic acids is 2. The van der Waals surface area contributed by atoms with E-state index >= 15 is 0 Å². The number of ketones is 2. The number of ether oxygens (including phenoxy) is 1. The van der Waals surface area contributed by atoms with Crippen LogP contribution in [0.4, 0.5) is 0 Å². The van der Waals surface area contributed by atoms with Gasteiger partial charge in [0.2, 0.25) is 5.78 Å². The lowest BCUT2D eigenvalue weighted by Gasteiger charge is -2.47. The van der Waals surface area contributed by atoms with E-state index in [1.165, 1.54) is 13.4 Å². The van der Waals surface area contributed by atoms with Crippen LogP contribution in [0.15, 0.2) is 22.8 Å². The number of aliphatic hydroxyl groups is 2. The van der Waals surface area contributed by atoms with Crippen molar-refractivity contribution in [3.63, 3.8) is 0 Å². The molecule has 0 radical (unpaired) electrons. The molecule has 0 saturated heterocycles. The lowest BCUT2D eigenvalue weighted by molar-refractivity contribution is -0.112. The molecule has 134 valence electrons. The fraction of sp³-hybridized carbons (Fsp3) is 0.400. The average Bonchev–Trinajstić information content (AvgIpc) is 3.23. The number of aliphatic hydroxyl groups excluding tert-OH is 2. The van der Waals surface area contributed by atoms with Gasteiger partial charge in [-0.15, -0.1) is 0 Å². The molecule has 1 aromatic carbocycles. The molecule has 0 aliphatic heterocycles. The Morgan fingerprint density at radius 1 is 1.23 bits per heavy atom. The molecule has 4 atom stereocenters. The Labute approximate surface area is 149 Å². The highest BCUT2D eigenvalue weighted by molar-refractivity contribution is 6.15. The van der Waals surface area contributed by atoms with Crippen molar-refractivity contribution in [2.45, 2.75) is 43.5 Å². The fourth-order valence-electron chi connectivity index (χ4n) is 5.02. The van der Waals surface area contributed by atoms with Crippen LogP contribution < -0.4 is 0 Å². The van der Waals surface area contributed by atoms with E-state index in [1.54, 1.807) is 12.1 Å². The van der Waals surface area contributed by atoms with Gasteiger partial charge in [0.1, 0.15) is 12.2 Å². The Balaban J connectivity index is 1.87. The van der Waals surface area contributed by atoms with Gasteiger partial charge >= 0.3 is 0 Å². The molecule has 2 aromatic rings. The summed E-state index contributed by atoms with van der Waals surface area (Å²) in [5, 5.41) is 21.7. The standard InChI is InChI=1S/C20H18O6/c1-20-11-5-3-8-9(4-6-12(8)21)13(11)16(23)17-14(20)10(7-26-17)15(22)18(25-2)19(20)24/h3,5,7,15,18-19,22,24H,4,6H2,1-2H3/t15-,18-,19-,20+/m1/s1. The number of fused-ring (bicyclic) bond motifs is 4. The second-order valence-corrected chi connectivity index (χ2v) is 7.45. The maximum Gasteiger partial charge on any atom is 0.229 e. The number of benzene rings is 1. The zero-order valence-corrected chi connectivity index (χ0v) is 14.4. The molecule has 3 aliphatic rings. The minimum Gasteiger partial charge on any atom is -0.460 e. The number of Topliss-reactive ketones (excluding diaryl/α,β-unsaturated/α-hetero) is 1. The summed E-state index contributed by atoms with van der Waals surface area (Å²) >= 11 is 0. The van der Waals surface area contributed by atoms with E-state index in [4.69, 9.17) is 9.15 Å². The molecule has 3 aliphatic carbocycles. The minimum atomic E-state index is -1.08. The normalized spacial score (nSPS) is 31.6. The Morgan fingerprint density at radius 2 is 2.00 bits per heavy atom.